The molecular formula is C40H36N4OPd. The molecule has 6 heteroatoms. The van der Waals surface area contributed by atoms with Crippen molar-refractivity contribution >= 4 is 21.8 Å². The number of para-hydroxylation sites is 1. The molecule has 0 aliphatic rings. The molecule has 0 N–H and O–H groups in total. The van der Waals surface area contributed by atoms with E-state index >= 15 is 0 Å². The fourth-order valence-electron chi connectivity index (χ4n) is 6.67. The van der Waals surface area contributed by atoms with Gasteiger partial charge in [-0.3, -0.25) is 4.68 Å². The molecule has 0 spiro atoms. The fourth-order valence-corrected chi connectivity index (χ4v) is 6.67. The number of benzene rings is 4. The summed E-state index contributed by atoms with van der Waals surface area (Å²) in [6, 6.07) is 34.1. The smallest absolute Gasteiger partial charge is 0.509 e. The molecule has 0 amide bonds. The van der Waals surface area contributed by atoms with Gasteiger partial charge in [-0.05, 0) is 92.6 Å². The van der Waals surface area contributed by atoms with Crippen LogP contribution in [0.25, 0.3) is 44.4 Å². The summed E-state index contributed by atoms with van der Waals surface area (Å²) in [6.07, 6.45) is 3.98. The van der Waals surface area contributed by atoms with E-state index in [1.807, 2.05) is 41.2 Å². The Morgan fingerprint density at radius 3 is 2.37 bits per heavy atom. The SMILES string of the molecule is CCCc1cc(C)cc(C)c1-c1c(C)nn(-c2[c-]c(Oc3[c-]c4c(cc3)c3ccccc3n4-c3cc(C)ccn3)ccc2)c1C.[Pd+2]. The fraction of sp³-hybridized carbons (Fsp3) is 0.200. The maximum atomic E-state index is 6.42. The van der Waals surface area contributed by atoms with Gasteiger partial charge in [0.2, 0.25) is 0 Å². The van der Waals surface area contributed by atoms with Crippen LogP contribution >= 0.6 is 0 Å². The third-order valence-electron chi connectivity index (χ3n) is 8.51. The summed E-state index contributed by atoms with van der Waals surface area (Å²) < 4.78 is 10.6. The van der Waals surface area contributed by atoms with E-state index in [0.717, 1.165) is 63.1 Å². The minimum atomic E-state index is 0. The number of aromatic nitrogens is 4. The Balaban J connectivity index is 0.00000372. The quantitative estimate of drug-likeness (QED) is 0.123. The minimum Gasteiger partial charge on any atom is -0.509 e. The number of hydrogen-bond donors (Lipinski definition) is 0. The zero-order chi connectivity index (χ0) is 31.2. The van der Waals surface area contributed by atoms with E-state index in [0.29, 0.717) is 11.5 Å². The number of hydrogen-bond acceptors (Lipinski definition) is 3. The van der Waals surface area contributed by atoms with Crippen molar-refractivity contribution in [2.24, 2.45) is 0 Å². The predicted octanol–water partition coefficient (Wildman–Crippen LogP) is 9.92. The van der Waals surface area contributed by atoms with Gasteiger partial charge in [-0.15, -0.1) is 35.7 Å². The van der Waals surface area contributed by atoms with Crippen molar-refractivity contribution in [3.63, 3.8) is 0 Å². The van der Waals surface area contributed by atoms with Gasteiger partial charge in [0.1, 0.15) is 5.82 Å². The van der Waals surface area contributed by atoms with Gasteiger partial charge in [0.05, 0.1) is 5.69 Å². The Morgan fingerprint density at radius 2 is 1.57 bits per heavy atom. The van der Waals surface area contributed by atoms with E-state index in [4.69, 9.17) is 14.8 Å². The average Bonchev–Trinajstić information content (AvgIpc) is 3.50. The first-order valence-electron chi connectivity index (χ1n) is 15.6. The Labute approximate surface area is 284 Å². The largest absolute Gasteiger partial charge is 2.00 e. The van der Waals surface area contributed by atoms with Crippen molar-refractivity contribution in [1.82, 2.24) is 19.3 Å². The van der Waals surface area contributed by atoms with E-state index in [2.05, 4.69) is 107 Å². The van der Waals surface area contributed by atoms with Gasteiger partial charge in [-0.25, -0.2) is 4.98 Å². The Morgan fingerprint density at radius 1 is 0.761 bits per heavy atom. The first-order chi connectivity index (χ1) is 21.8. The zero-order valence-corrected chi connectivity index (χ0v) is 28.6. The molecule has 0 aliphatic carbocycles. The van der Waals surface area contributed by atoms with Gasteiger partial charge in [-0.2, -0.15) is 17.2 Å². The van der Waals surface area contributed by atoms with Crippen LogP contribution in [-0.4, -0.2) is 19.3 Å². The van der Waals surface area contributed by atoms with E-state index in [-0.39, 0.29) is 20.4 Å². The molecule has 4 aromatic carbocycles. The monoisotopic (exact) mass is 694 g/mol. The zero-order valence-electron chi connectivity index (χ0n) is 27.0. The molecule has 0 fully saturated rings. The van der Waals surface area contributed by atoms with Crippen molar-refractivity contribution in [3.8, 4) is 34.1 Å². The Kier molecular flexibility index (Phi) is 8.70. The third-order valence-corrected chi connectivity index (χ3v) is 8.51. The molecule has 7 rings (SSSR count). The van der Waals surface area contributed by atoms with Gasteiger partial charge in [0.25, 0.3) is 0 Å². The van der Waals surface area contributed by atoms with Crippen LogP contribution in [0.1, 0.15) is 47.0 Å². The predicted molar refractivity (Wildman–Crippen MR) is 183 cm³/mol. The molecule has 0 saturated carbocycles. The van der Waals surface area contributed by atoms with Crippen LogP contribution in [-0.2, 0) is 26.8 Å². The van der Waals surface area contributed by atoms with Crippen LogP contribution in [0.2, 0.25) is 0 Å². The third kappa shape index (κ3) is 5.57. The molecule has 0 atom stereocenters. The van der Waals surface area contributed by atoms with E-state index in [1.165, 1.54) is 27.8 Å². The minimum absolute atomic E-state index is 0. The second-order valence-electron chi connectivity index (χ2n) is 12.0. The molecule has 5 nitrogen and oxygen atoms in total. The molecule has 0 unspecified atom stereocenters. The molecule has 7 aromatic rings. The first kappa shape index (κ1) is 31.5. The molecule has 232 valence electrons. The van der Waals surface area contributed by atoms with Crippen LogP contribution in [0.5, 0.6) is 11.5 Å². The topological polar surface area (TPSA) is 44.9 Å². The van der Waals surface area contributed by atoms with Crippen molar-refractivity contribution in [2.75, 3.05) is 0 Å². The summed E-state index contributed by atoms with van der Waals surface area (Å²) in [7, 11) is 0. The van der Waals surface area contributed by atoms with Gasteiger partial charge in [-0.1, -0.05) is 54.8 Å². The normalized spacial score (nSPS) is 11.3. The molecular weight excluding hydrogens is 659 g/mol. The molecule has 0 radical (unpaired) electrons. The van der Waals surface area contributed by atoms with E-state index in [9.17, 15) is 0 Å². The molecule has 3 aromatic heterocycles. The summed E-state index contributed by atoms with van der Waals surface area (Å²) >= 11 is 0. The van der Waals surface area contributed by atoms with Gasteiger partial charge in [0.15, 0.2) is 0 Å². The average molecular weight is 695 g/mol. The van der Waals surface area contributed by atoms with Gasteiger partial charge < -0.3 is 9.30 Å². The standard InChI is InChI=1S/C40H36N4O.Pd/c1-7-11-30-21-26(3)20-27(4)39(30)40-28(5)42-44(29(40)6)31-12-10-13-32(23-31)45-33-16-17-35-34-14-8-9-15-36(34)43(37(35)24-33)38-22-25(2)18-19-41-38;/h8-10,12-22H,7,11H2,1-6H3;/q-2;+2. The maximum Gasteiger partial charge on any atom is 2.00 e. The van der Waals surface area contributed by atoms with Crippen molar-refractivity contribution < 1.29 is 25.2 Å². The Hall–Kier alpha value is -4.50. The molecule has 0 bridgehead atoms. The van der Waals surface area contributed by atoms with Crippen LogP contribution in [0.3, 0.4) is 0 Å². The van der Waals surface area contributed by atoms with Gasteiger partial charge in [0, 0.05) is 34.5 Å². The van der Waals surface area contributed by atoms with E-state index < -0.39 is 0 Å². The number of rotatable bonds is 7. The number of nitrogens with zero attached hydrogens (tertiary/aromatic N) is 4. The molecule has 46 heavy (non-hydrogen) atoms. The number of aryl methyl sites for hydroxylation is 5. The molecule has 0 aliphatic heterocycles. The Bertz CT molecular complexity index is 2230. The molecule has 3 heterocycles. The van der Waals surface area contributed by atoms with Crippen molar-refractivity contribution in [2.45, 2.75) is 54.4 Å². The summed E-state index contributed by atoms with van der Waals surface area (Å²) in [5, 5.41) is 7.25. The van der Waals surface area contributed by atoms with Crippen LogP contribution < -0.4 is 4.74 Å². The maximum absolute atomic E-state index is 6.42. The summed E-state index contributed by atoms with van der Waals surface area (Å²) in [4.78, 5) is 4.69. The van der Waals surface area contributed by atoms with Crippen molar-refractivity contribution in [1.29, 1.82) is 0 Å². The number of pyridine rings is 1. The number of ether oxygens (including phenoxy) is 1. The van der Waals surface area contributed by atoms with Crippen LogP contribution in [0, 0.1) is 46.8 Å². The second kappa shape index (κ2) is 12.7. The van der Waals surface area contributed by atoms with Crippen LogP contribution in [0.4, 0.5) is 0 Å². The molecule has 0 saturated heterocycles. The summed E-state index contributed by atoms with van der Waals surface area (Å²) in [5.41, 5.74) is 12.6. The van der Waals surface area contributed by atoms with Crippen molar-refractivity contribution in [3.05, 3.63) is 131 Å². The second-order valence-corrected chi connectivity index (χ2v) is 12.0. The summed E-state index contributed by atoms with van der Waals surface area (Å²) in [6.45, 7) is 12.9. The van der Waals surface area contributed by atoms with Crippen LogP contribution in [0.15, 0.2) is 85.1 Å². The van der Waals surface area contributed by atoms with Gasteiger partial charge >= 0.3 is 20.4 Å². The van der Waals surface area contributed by atoms with E-state index in [1.54, 1.807) is 0 Å². The first-order valence-corrected chi connectivity index (χ1v) is 15.6. The summed E-state index contributed by atoms with van der Waals surface area (Å²) in [5.74, 6) is 2.07. The number of fused-ring (bicyclic) bond motifs is 3.